The van der Waals surface area contributed by atoms with Gasteiger partial charge in [-0.15, -0.1) is 0 Å². The van der Waals surface area contributed by atoms with Crippen LogP contribution in [0.5, 0.6) is 0 Å². The Morgan fingerprint density at radius 1 is 1.31 bits per heavy atom. The predicted molar refractivity (Wildman–Crippen MR) is 92.7 cm³/mol. The van der Waals surface area contributed by atoms with Gasteiger partial charge in [0.15, 0.2) is 11.5 Å². The molecule has 8 heteroatoms. The second kappa shape index (κ2) is 8.86. The van der Waals surface area contributed by atoms with Gasteiger partial charge in [-0.2, -0.15) is 0 Å². The van der Waals surface area contributed by atoms with Gasteiger partial charge < -0.3 is 14.8 Å². The molecule has 1 aliphatic carbocycles. The summed E-state index contributed by atoms with van der Waals surface area (Å²) >= 11 is 0. The van der Waals surface area contributed by atoms with Crippen molar-refractivity contribution in [2.24, 2.45) is 0 Å². The van der Waals surface area contributed by atoms with E-state index in [1.165, 1.54) is 12.1 Å². The SMILES string of the molecule is COCCOC1CCC(NC(=O)c2nc(-n3ccnc3)ccc2F)CC1. The van der Waals surface area contributed by atoms with Crippen LogP contribution in [0.25, 0.3) is 5.82 Å². The molecule has 0 aliphatic heterocycles. The van der Waals surface area contributed by atoms with Gasteiger partial charge in [0.1, 0.15) is 12.1 Å². The van der Waals surface area contributed by atoms with Gasteiger partial charge in [0.25, 0.3) is 5.91 Å². The molecule has 2 heterocycles. The first-order valence-electron chi connectivity index (χ1n) is 8.73. The summed E-state index contributed by atoms with van der Waals surface area (Å²) in [7, 11) is 1.64. The molecule has 1 amide bonds. The molecule has 7 nitrogen and oxygen atoms in total. The number of carbonyl (C=O) groups is 1. The Bertz CT molecular complexity index is 715. The van der Waals surface area contributed by atoms with Crippen LogP contribution >= 0.6 is 0 Å². The Morgan fingerprint density at radius 2 is 2.12 bits per heavy atom. The fourth-order valence-corrected chi connectivity index (χ4v) is 3.06. The predicted octanol–water partition coefficient (Wildman–Crippen LogP) is 2.11. The number of hydrogen-bond acceptors (Lipinski definition) is 5. The first-order valence-corrected chi connectivity index (χ1v) is 8.73. The minimum absolute atomic E-state index is 0.00266. The maximum absolute atomic E-state index is 14.1. The third-order valence-corrected chi connectivity index (χ3v) is 4.47. The zero-order chi connectivity index (χ0) is 18.4. The molecule has 0 unspecified atom stereocenters. The maximum atomic E-state index is 14.1. The Hall–Kier alpha value is -2.32. The number of nitrogens with one attached hydrogen (secondary N) is 1. The van der Waals surface area contributed by atoms with Crippen LogP contribution in [0, 0.1) is 5.82 Å². The number of carbonyl (C=O) groups excluding carboxylic acids is 1. The van der Waals surface area contributed by atoms with Crippen molar-refractivity contribution in [3.63, 3.8) is 0 Å². The van der Waals surface area contributed by atoms with Crippen LogP contribution in [0.2, 0.25) is 0 Å². The van der Waals surface area contributed by atoms with Crippen molar-refractivity contribution in [2.75, 3.05) is 20.3 Å². The molecule has 140 valence electrons. The van der Waals surface area contributed by atoms with Crippen molar-refractivity contribution in [1.29, 1.82) is 0 Å². The molecular weight excluding hydrogens is 339 g/mol. The van der Waals surface area contributed by atoms with E-state index in [1.807, 2.05) is 0 Å². The van der Waals surface area contributed by atoms with E-state index in [0.29, 0.717) is 19.0 Å². The lowest BCUT2D eigenvalue weighted by Gasteiger charge is -2.29. The summed E-state index contributed by atoms with van der Waals surface area (Å²) in [5.41, 5.74) is -0.199. The summed E-state index contributed by atoms with van der Waals surface area (Å²) in [6.45, 7) is 1.16. The largest absolute Gasteiger partial charge is 0.382 e. The van der Waals surface area contributed by atoms with Crippen LogP contribution in [0.4, 0.5) is 4.39 Å². The number of rotatable bonds is 7. The van der Waals surface area contributed by atoms with Crippen molar-refractivity contribution in [1.82, 2.24) is 19.9 Å². The highest BCUT2D eigenvalue weighted by atomic mass is 19.1. The Balaban J connectivity index is 1.56. The van der Waals surface area contributed by atoms with Crippen molar-refractivity contribution >= 4 is 5.91 Å². The second-order valence-electron chi connectivity index (χ2n) is 6.28. The second-order valence-corrected chi connectivity index (χ2v) is 6.28. The number of imidazole rings is 1. The molecule has 0 aromatic carbocycles. The molecule has 0 atom stereocenters. The highest BCUT2D eigenvalue weighted by molar-refractivity contribution is 5.93. The fraction of sp³-hybridized carbons (Fsp3) is 0.500. The smallest absolute Gasteiger partial charge is 0.273 e. The lowest BCUT2D eigenvalue weighted by molar-refractivity contribution is -0.00410. The lowest BCUT2D eigenvalue weighted by Crippen LogP contribution is -2.40. The first kappa shape index (κ1) is 18.5. The van der Waals surface area contributed by atoms with E-state index in [9.17, 15) is 9.18 Å². The minimum Gasteiger partial charge on any atom is -0.382 e. The molecule has 0 bridgehead atoms. The van der Waals surface area contributed by atoms with Crippen LogP contribution < -0.4 is 5.32 Å². The van der Waals surface area contributed by atoms with Crippen LogP contribution in [-0.4, -0.2) is 52.9 Å². The minimum atomic E-state index is -0.636. The Kier molecular flexibility index (Phi) is 6.30. The number of amides is 1. The van der Waals surface area contributed by atoms with E-state index in [0.717, 1.165) is 25.7 Å². The van der Waals surface area contributed by atoms with Gasteiger partial charge in [-0.3, -0.25) is 9.36 Å². The van der Waals surface area contributed by atoms with E-state index in [2.05, 4.69) is 15.3 Å². The van der Waals surface area contributed by atoms with Crippen LogP contribution in [0.15, 0.2) is 30.9 Å². The normalized spacial score (nSPS) is 20.1. The maximum Gasteiger partial charge on any atom is 0.273 e. The van der Waals surface area contributed by atoms with Gasteiger partial charge in [0, 0.05) is 25.5 Å². The van der Waals surface area contributed by atoms with Crippen LogP contribution in [-0.2, 0) is 9.47 Å². The summed E-state index contributed by atoms with van der Waals surface area (Å²) < 4.78 is 26.4. The van der Waals surface area contributed by atoms with Crippen molar-refractivity contribution in [3.8, 4) is 5.82 Å². The van der Waals surface area contributed by atoms with Gasteiger partial charge >= 0.3 is 0 Å². The monoisotopic (exact) mass is 362 g/mol. The first-order chi connectivity index (χ1) is 12.7. The number of hydrogen-bond donors (Lipinski definition) is 1. The topological polar surface area (TPSA) is 78.3 Å². The highest BCUT2D eigenvalue weighted by Crippen LogP contribution is 2.21. The molecule has 26 heavy (non-hydrogen) atoms. The lowest BCUT2D eigenvalue weighted by atomic mass is 9.93. The average molecular weight is 362 g/mol. The number of ether oxygens (including phenoxy) is 2. The average Bonchev–Trinajstić information content (AvgIpc) is 3.18. The fourth-order valence-electron chi connectivity index (χ4n) is 3.06. The van der Waals surface area contributed by atoms with Gasteiger partial charge in [-0.05, 0) is 37.8 Å². The number of methoxy groups -OCH3 is 1. The van der Waals surface area contributed by atoms with E-state index in [-0.39, 0.29) is 17.8 Å². The molecule has 2 aromatic rings. The molecule has 1 N–H and O–H groups in total. The zero-order valence-corrected chi connectivity index (χ0v) is 14.7. The van der Waals surface area contributed by atoms with Crippen molar-refractivity contribution in [2.45, 2.75) is 37.8 Å². The number of halogens is 1. The van der Waals surface area contributed by atoms with E-state index >= 15 is 0 Å². The molecule has 1 saturated carbocycles. The third kappa shape index (κ3) is 4.64. The van der Waals surface area contributed by atoms with Crippen molar-refractivity contribution in [3.05, 3.63) is 42.4 Å². The van der Waals surface area contributed by atoms with E-state index < -0.39 is 11.7 Å². The Morgan fingerprint density at radius 3 is 2.81 bits per heavy atom. The molecular formula is C18H23FN4O3. The number of pyridine rings is 1. The molecule has 1 aliphatic rings. The van der Waals surface area contributed by atoms with E-state index in [1.54, 1.807) is 30.4 Å². The molecule has 3 rings (SSSR count). The molecule has 0 radical (unpaired) electrons. The number of nitrogens with zero attached hydrogens (tertiary/aromatic N) is 3. The van der Waals surface area contributed by atoms with Gasteiger partial charge in [0.2, 0.25) is 0 Å². The van der Waals surface area contributed by atoms with Crippen molar-refractivity contribution < 1.29 is 18.7 Å². The summed E-state index contributed by atoms with van der Waals surface area (Å²) in [6, 6.07) is 2.76. The molecule has 0 saturated heterocycles. The van der Waals surface area contributed by atoms with Crippen LogP contribution in [0.3, 0.4) is 0 Å². The summed E-state index contributed by atoms with van der Waals surface area (Å²) in [5, 5.41) is 2.89. The molecule has 2 aromatic heterocycles. The Labute approximate surface area is 151 Å². The quantitative estimate of drug-likeness (QED) is 0.764. The zero-order valence-electron chi connectivity index (χ0n) is 14.7. The third-order valence-electron chi connectivity index (χ3n) is 4.47. The summed E-state index contributed by atoms with van der Waals surface area (Å²) in [6.07, 6.45) is 8.34. The van der Waals surface area contributed by atoms with Gasteiger partial charge in [-0.1, -0.05) is 0 Å². The highest BCUT2D eigenvalue weighted by Gasteiger charge is 2.25. The molecule has 1 fully saturated rings. The van der Waals surface area contributed by atoms with Gasteiger partial charge in [0.05, 0.1) is 19.3 Å². The standard InChI is InChI=1S/C18H23FN4O3/c1-25-10-11-26-14-4-2-13(3-5-14)21-18(24)17-15(19)6-7-16(22-17)23-9-8-20-12-23/h6-9,12-14H,2-5,10-11H2,1H3,(H,21,24). The van der Waals surface area contributed by atoms with E-state index in [4.69, 9.17) is 9.47 Å². The van der Waals surface area contributed by atoms with Crippen LogP contribution in [0.1, 0.15) is 36.2 Å². The van der Waals surface area contributed by atoms with Gasteiger partial charge in [-0.25, -0.2) is 14.4 Å². The molecule has 0 spiro atoms. The summed E-state index contributed by atoms with van der Waals surface area (Å²) in [5.74, 6) is -0.680. The summed E-state index contributed by atoms with van der Waals surface area (Å²) in [4.78, 5) is 20.5. The number of aromatic nitrogens is 3.